The average Bonchev–Trinajstić information content (AvgIpc) is 2.65. The van der Waals surface area contributed by atoms with Gasteiger partial charge in [0.1, 0.15) is 5.69 Å². The first-order valence-corrected chi connectivity index (χ1v) is 4.65. The lowest BCUT2D eigenvalue weighted by Gasteiger charge is -2.00. The Kier molecular flexibility index (Phi) is 2.40. The molecule has 0 amide bonds. The van der Waals surface area contributed by atoms with Gasteiger partial charge in [-0.05, 0) is 13.0 Å². The van der Waals surface area contributed by atoms with E-state index < -0.39 is 5.97 Å². The smallest absolute Gasteiger partial charge is 0.354 e. The molecule has 0 atom stereocenters. The molecular weight excluding hydrogens is 208 g/mol. The highest BCUT2D eigenvalue weighted by Gasteiger charge is 2.13. The molecule has 0 radical (unpaired) electrons. The Morgan fingerprint density at radius 1 is 1.50 bits per heavy atom. The molecule has 0 unspecified atom stereocenters. The second-order valence-corrected chi connectivity index (χ2v) is 3.41. The van der Waals surface area contributed by atoms with Gasteiger partial charge in [-0.1, -0.05) is 0 Å². The van der Waals surface area contributed by atoms with Gasteiger partial charge in [0.05, 0.1) is 0 Å². The minimum atomic E-state index is -1.06. The molecule has 0 aliphatic heterocycles. The number of aryl methyl sites for hydroxylation is 2. The maximum Gasteiger partial charge on any atom is 0.354 e. The van der Waals surface area contributed by atoms with Crippen molar-refractivity contribution in [2.75, 3.05) is 0 Å². The van der Waals surface area contributed by atoms with Crippen LogP contribution in [-0.2, 0) is 7.05 Å². The number of nitrogens with zero attached hydrogens (tertiary/aromatic N) is 4. The van der Waals surface area contributed by atoms with Crippen molar-refractivity contribution in [3.63, 3.8) is 0 Å². The standard InChI is InChI=1S/C10H10N4O2/c1-6-5-11-9(12-8(6)10(15)16)7-3-4-14(2)13-7/h3-5H,1-2H3,(H,15,16). The van der Waals surface area contributed by atoms with Crippen molar-refractivity contribution in [3.05, 3.63) is 29.7 Å². The topological polar surface area (TPSA) is 80.9 Å². The molecule has 2 heterocycles. The molecule has 82 valence electrons. The first kappa shape index (κ1) is 10.3. The van der Waals surface area contributed by atoms with Crippen LogP contribution in [-0.4, -0.2) is 30.8 Å². The average molecular weight is 218 g/mol. The molecule has 6 heteroatoms. The first-order chi connectivity index (χ1) is 7.58. The Hall–Kier alpha value is -2.24. The maximum absolute atomic E-state index is 10.9. The van der Waals surface area contributed by atoms with Gasteiger partial charge in [0.25, 0.3) is 0 Å². The zero-order chi connectivity index (χ0) is 11.7. The third-order valence-corrected chi connectivity index (χ3v) is 2.12. The Bertz CT molecular complexity index is 548. The summed E-state index contributed by atoms with van der Waals surface area (Å²) >= 11 is 0. The highest BCUT2D eigenvalue weighted by molar-refractivity contribution is 5.87. The first-order valence-electron chi connectivity index (χ1n) is 4.65. The Labute approximate surface area is 91.6 Å². The van der Waals surface area contributed by atoms with Crippen molar-refractivity contribution in [1.82, 2.24) is 19.7 Å². The van der Waals surface area contributed by atoms with Crippen LogP contribution >= 0.6 is 0 Å². The van der Waals surface area contributed by atoms with Gasteiger partial charge >= 0.3 is 5.97 Å². The molecule has 0 aliphatic rings. The van der Waals surface area contributed by atoms with Crippen LogP contribution in [0.1, 0.15) is 16.1 Å². The van der Waals surface area contributed by atoms with Gasteiger partial charge in [0, 0.05) is 25.0 Å². The predicted molar refractivity (Wildman–Crippen MR) is 55.9 cm³/mol. The van der Waals surface area contributed by atoms with Crippen molar-refractivity contribution < 1.29 is 9.90 Å². The molecule has 0 saturated carbocycles. The molecule has 2 rings (SSSR count). The number of aromatic nitrogens is 4. The molecule has 1 N–H and O–H groups in total. The predicted octanol–water partition coefficient (Wildman–Crippen LogP) is 0.884. The van der Waals surface area contributed by atoms with Gasteiger partial charge in [-0.25, -0.2) is 14.8 Å². The van der Waals surface area contributed by atoms with Gasteiger partial charge in [0.2, 0.25) is 0 Å². The summed E-state index contributed by atoms with van der Waals surface area (Å²) in [5.41, 5.74) is 1.10. The molecule has 2 aromatic rings. The summed E-state index contributed by atoms with van der Waals surface area (Å²) in [7, 11) is 1.77. The zero-order valence-corrected chi connectivity index (χ0v) is 8.88. The third kappa shape index (κ3) is 1.77. The van der Waals surface area contributed by atoms with Crippen LogP contribution in [0.3, 0.4) is 0 Å². The van der Waals surface area contributed by atoms with Gasteiger partial charge in [-0.3, -0.25) is 4.68 Å². The fourth-order valence-electron chi connectivity index (χ4n) is 1.32. The van der Waals surface area contributed by atoms with E-state index in [9.17, 15) is 4.79 Å². The number of rotatable bonds is 2. The molecule has 16 heavy (non-hydrogen) atoms. The molecule has 0 aliphatic carbocycles. The number of carbonyl (C=O) groups is 1. The fraction of sp³-hybridized carbons (Fsp3) is 0.200. The Balaban J connectivity index is 2.51. The van der Waals surface area contributed by atoms with Crippen LogP contribution < -0.4 is 0 Å². The minimum absolute atomic E-state index is 0.00986. The fourth-order valence-corrected chi connectivity index (χ4v) is 1.32. The largest absolute Gasteiger partial charge is 0.477 e. The second kappa shape index (κ2) is 3.73. The SMILES string of the molecule is Cc1cnc(-c2ccn(C)n2)nc1C(=O)O. The molecule has 0 bridgehead atoms. The van der Waals surface area contributed by atoms with E-state index in [1.54, 1.807) is 30.9 Å². The summed E-state index contributed by atoms with van der Waals surface area (Å²) in [6.07, 6.45) is 3.24. The van der Waals surface area contributed by atoms with Crippen molar-refractivity contribution in [3.8, 4) is 11.5 Å². The molecular formula is C10H10N4O2. The van der Waals surface area contributed by atoms with E-state index in [2.05, 4.69) is 15.1 Å². The van der Waals surface area contributed by atoms with Gasteiger partial charge < -0.3 is 5.11 Å². The van der Waals surface area contributed by atoms with E-state index in [0.717, 1.165) is 0 Å². The van der Waals surface area contributed by atoms with E-state index in [1.165, 1.54) is 6.20 Å². The van der Waals surface area contributed by atoms with Gasteiger partial charge in [-0.15, -0.1) is 0 Å². The van der Waals surface area contributed by atoms with Crippen LogP contribution in [0.5, 0.6) is 0 Å². The summed E-state index contributed by atoms with van der Waals surface area (Å²) < 4.78 is 1.61. The monoisotopic (exact) mass is 218 g/mol. The Morgan fingerprint density at radius 2 is 2.25 bits per heavy atom. The van der Waals surface area contributed by atoms with Crippen molar-refractivity contribution in [2.24, 2.45) is 7.05 Å². The minimum Gasteiger partial charge on any atom is -0.477 e. The lowest BCUT2D eigenvalue weighted by molar-refractivity contribution is 0.0689. The number of hydrogen-bond acceptors (Lipinski definition) is 4. The number of hydrogen-bond donors (Lipinski definition) is 1. The van der Waals surface area contributed by atoms with Crippen LogP contribution in [0.4, 0.5) is 0 Å². The number of aromatic carboxylic acids is 1. The van der Waals surface area contributed by atoms with Crippen LogP contribution in [0.15, 0.2) is 18.5 Å². The van der Waals surface area contributed by atoms with Crippen LogP contribution in [0.2, 0.25) is 0 Å². The normalized spacial score (nSPS) is 10.4. The van der Waals surface area contributed by atoms with E-state index in [4.69, 9.17) is 5.11 Å². The van der Waals surface area contributed by atoms with Crippen LogP contribution in [0, 0.1) is 6.92 Å². The second-order valence-electron chi connectivity index (χ2n) is 3.41. The Morgan fingerprint density at radius 3 is 2.81 bits per heavy atom. The molecule has 6 nitrogen and oxygen atoms in total. The lowest BCUT2D eigenvalue weighted by Crippen LogP contribution is -2.06. The third-order valence-electron chi connectivity index (χ3n) is 2.12. The summed E-state index contributed by atoms with van der Waals surface area (Å²) in [6.45, 7) is 1.66. The van der Waals surface area contributed by atoms with E-state index in [0.29, 0.717) is 17.1 Å². The van der Waals surface area contributed by atoms with Gasteiger partial charge in [-0.2, -0.15) is 5.10 Å². The quantitative estimate of drug-likeness (QED) is 0.809. The molecule has 0 aromatic carbocycles. The van der Waals surface area contributed by atoms with Crippen molar-refractivity contribution in [1.29, 1.82) is 0 Å². The van der Waals surface area contributed by atoms with Gasteiger partial charge in [0.15, 0.2) is 11.5 Å². The van der Waals surface area contributed by atoms with E-state index >= 15 is 0 Å². The van der Waals surface area contributed by atoms with E-state index in [-0.39, 0.29) is 5.69 Å². The summed E-state index contributed by atoms with van der Waals surface area (Å²) in [5, 5.41) is 13.0. The van der Waals surface area contributed by atoms with Crippen molar-refractivity contribution in [2.45, 2.75) is 6.92 Å². The van der Waals surface area contributed by atoms with E-state index in [1.807, 2.05) is 0 Å². The van der Waals surface area contributed by atoms with Crippen molar-refractivity contribution >= 4 is 5.97 Å². The molecule has 0 fully saturated rings. The molecule has 0 saturated heterocycles. The number of carboxylic acid groups (broad SMARTS) is 1. The molecule has 2 aromatic heterocycles. The summed E-state index contributed by atoms with van der Waals surface area (Å²) in [5.74, 6) is -0.735. The molecule has 0 spiro atoms. The maximum atomic E-state index is 10.9. The number of carboxylic acids is 1. The van der Waals surface area contributed by atoms with Crippen LogP contribution in [0.25, 0.3) is 11.5 Å². The summed E-state index contributed by atoms with van der Waals surface area (Å²) in [6, 6.07) is 1.73. The lowest BCUT2D eigenvalue weighted by atomic mass is 10.2. The highest BCUT2D eigenvalue weighted by atomic mass is 16.4. The summed E-state index contributed by atoms with van der Waals surface area (Å²) in [4.78, 5) is 18.9. The zero-order valence-electron chi connectivity index (χ0n) is 8.88. The highest BCUT2D eigenvalue weighted by Crippen LogP contribution is 2.13.